The number of nitrogens with zero attached hydrogens (tertiary/aromatic N) is 3. The molecule has 0 bridgehead atoms. The van der Waals surface area contributed by atoms with E-state index >= 15 is 0 Å². The normalized spacial score (nSPS) is 12.4. The molecule has 33 heavy (non-hydrogen) atoms. The second-order valence-electron chi connectivity index (χ2n) is 6.99. The third-order valence-corrected chi connectivity index (χ3v) is 5.48. The topological polar surface area (TPSA) is 38.9 Å². The summed E-state index contributed by atoms with van der Waals surface area (Å²) in [6.45, 7) is 2.48. The number of hydrogen-bond acceptors (Lipinski definition) is 4. The molecule has 1 aromatic heterocycles. The Labute approximate surface area is 193 Å². The predicted octanol–water partition coefficient (Wildman–Crippen LogP) is 6.75. The number of alkyl halides is 3. The van der Waals surface area contributed by atoms with E-state index in [0.29, 0.717) is 22.7 Å². The molecule has 0 aliphatic rings. The maximum atomic E-state index is 13.3. The summed E-state index contributed by atoms with van der Waals surface area (Å²) in [6, 6.07) is 21.9. The van der Waals surface area contributed by atoms with E-state index in [1.165, 1.54) is 17.4 Å². The number of thiazole rings is 1. The minimum absolute atomic E-state index is 0.402. The van der Waals surface area contributed by atoms with E-state index in [1.54, 1.807) is 22.3 Å². The molecule has 0 N–H and O–H groups in total. The smallest absolute Gasteiger partial charge is 0.416 e. The van der Waals surface area contributed by atoms with Crippen LogP contribution < -0.4 is 9.54 Å². The molecular formula is C25H20F3N3OS. The molecule has 0 radical (unpaired) electrons. The first kappa shape index (κ1) is 22.5. The molecule has 1 heterocycles. The zero-order valence-electron chi connectivity index (χ0n) is 17.7. The molecule has 0 unspecified atom stereocenters. The predicted molar refractivity (Wildman–Crippen MR) is 125 cm³/mol. The van der Waals surface area contributed by atoms with Crippen molar-refractivity contribution in [1.82, 2.24) is 4.68 Å². The van der Waals surface area contributed by atoms with Crippen molar-refractivity contribution in [3.63, 3.8) is 0 Å². The summed E-state index contributed by atoms with van der Waals surface area (Å²) < 4.78 is 46.8. The van der Waals surface area contributed by atoms with Crippen LogP contribution in [0.25, 0.3) is 11.3 Å². The average molecular weight is 468 g/mol. The molecule has 0 aliphatic heterocycles. The molecule has 0 aliphatic carbocycles. The number of para-hydroxylation sites is 1. The number of hydrogen-bond donors (Lipinski definition) is 0. The van der Waals surface area contributed by atoms with E-state index in [9.17, 15) is 13.2 Å². The van der Waals surface area contributed by atoms with E-state index in [2.05, 4.69) is 10.1 Å². The Kier molecular flexibility index (Phi) is 6.74. The highest BCUT2D eigenvalue weighted by Crippen LogP contribution is 2.32. The third kappa shape index (κ3) is 5.59. The van der Waals surface area contributed by atoms with Gasteiger partial charge in [0.15, 0.2) is 0 Å². The standard InChI is InChI=1S/C25H20F3N3OS/c1-2-32-22-13-11-18(12-14-22)16-29-31-23(19-7-6-8-20(15-19)25(26,27)28)17-33-24(31)30-21-9-4-3-5-10-21/h3-17H,2H2,1H3/b29-16+,30-24?. The number of benzene rings is 3. The molecule has 0 amide bonds. The lowest BCUT2D eigenvalue weighted by molar-refractivity contribution is -0.137. The molecule has 8 heteroatoms. The lowest BCUT2D eigenvalue weighted by Crippen LogP contribution is -2.12. The molecule has 168 valence electrons. The van der Waals surface area contributed by atoms with Crippen LogP contribution in [0.1, 0.15) is 18.1 Å². The Bertz CT molecular complexity index is 1310. The van der Waals surface area contributed by atoms with Crippen LogP contribution >= 0.6 is 11.3 Å². The molecule has 4 rings (SSSR count). The van der Waals surface area contributed by atoms with E-state index < -0.39 is 11.7 Å². The van der Waals surface area contributed by atoms with Gasteiger partial charge in [-0.3, -0.25) is 0 Å². The van der Waals surface area contributed by atoms with Gasteiger partial charge in [0.2, 0.25) is 4.80 Å². The SMILES string of the molecule is CCOc1ccc(/C=N/n2c(-c3cccc(C(F)(F)F)c3)csc2=Nc2ccccc2)cc1. The van der Waals surface area contributed by atoms with Gasteiger partial charge in [-0.25, -0.2) is 9.67 Å². The van der Waals surface area contributed by atoms with Crippen LogP contribution in [0.3, 0.4) is 0 Å². The molecule has 0 saturated heterocycles. The van der Waals surface area contributed by atoms with Gasteiger partial charge < -0.3 is 4.74 Å². The summed E-state index contributed by atoms with van der Waals surface area (Å²) in [5, 5.41) is 6.32. The zero-order valence-corrected chi connectivity index (χ0v) is 18.5. The first-order valence-electron chi connectivity index (χ1n) is 10.2. The fourth-order valence-electron chi connectivity index (χ4n) is 3.10. The Balaban J connectivity index is 1.79. The summed E-state index contributed by atoms with van der Waals surface area (Å²) in [4.78, 5) is 5.17. The Morgan fingerprint density at radius 3 is 2.42 bits per heavy atom. The van der Waals surface area contributed by atoms with Crippen molar-refractivity contribution in [3.05, 3.63) is 100 Å². The summed E-state index contributed by atoms with van der Waals surface area (Å²) in [5.41, 5.74) is 1.75. The Morgan fingerprint density at radius 2 is 1.73 bits per heavy atom. The van der Waals surface area contributed by atoms with Gasteiger partial charge in [-0.05, 0) is 61.0 Å². The fraction of sp³-hybridized carbons (Fsp3) is 0.120. The van der Waals surface area contributed by atoms with Crippen LogP contribution in [0.2, 0.25) is 0 Å². The van der Waals surface area contributed by atoms with E-state index in [-0.39, 0.29) is 0 Å². The van der Waals surface area contributed by atoms with Crippen LogP contribution in [0.4, 0.5) is 18.9 Å². The summed E-state index contributed by atoms with van der Waals surface area (Å²) in [5.74, 6) is 0.752. The van der Waals surface area contributed by atoms with Gasteiger partial charge in [-0.15, -0.1) is 11.3 Å². The lowest BCUT2D eigenvalue weighted by atomic mass is 10.1. The molecule has 4 nitrogen and oxygen atoms in total. The van der Waals surface area contributed by atoms with Crippen LogP contribution in [0.5, 0.6) is 5.75 Å². The fourth-order valence-corrected chi connectivity index (χ4v) is 3.95. The van der Waals surface area contributed by atoms with Crippen LogP contribution in [0.15, 0.2) is 94.3 Å². The summed E-state index contributed by atoms with van der Waals surface area (Å²) >= 11 is 1.30. The molecule has 4 aromatic rings. The van der Waals surface area contributed by atoms with Crippen LogP contribution in [-0.4, -0.2) is 17.5 Å². The largest absolute Gasteiger partial charge is 0.494 e. The maximum Gasteiger partial charge on any atom is 0.416 e. The maximum absolute atomic E-state index is 13.3. The Hall–Kier alpha value is -3.65. The molecular weight excluding hydrogens is 447 g/mol. The number of halogens is 3. The highest BCUT2D eigenvalue weighted by atomic mass is 32.1. The van der Waals surface area contributed by atoms with Crippen molar-refractivity contribution in [1.29, 1.82) is 0 Å². The van der Waals surface area contributed by atoms with Gasteiger partial charge in [0, 0.05) is 10.9 Å². The minimum Gasteiger partial charge on any atom is -0.494 e. The van der Waals surface area contributed by atoms with Gasteiger partial charge in [0.1, 0.15) is 5.75 Å². The number of aromatic nitrogens is 1. The quantitative estimate of drug-likeness (QED) is 0.289. The van der Waals surface area contributed by atoms with Gasteiger partial charge in [-0.2, -0.15) is 18.3 Å². The van der Waals surface area contributed by atoms with Gasteiger partial charge in [0.05, 0.1) is 29.8 Å². The zero-order chi connectivity index (χ0) is 23.3. The van der Waals surface area contributed by atoms with Gasteiger partial charge >= 0.3 is 6.18 Å². The van der Waals surface area contributed by atoms with E-state index in [4.69, 9.17) is 4.74 Å². The number of rotatable bonds is 6. The van der Waals surface area contributed by atoms with Crippen LogP contribution in [-0.2, 0) is 6.18 Å². The molecule has 0 saturated carbocycles. The van der Waals surface area contributed by atoms with Crippen LogP contribution in [0, 0.1) is 0 Å². The van der Waals surface area contributed by atoms with Crippen molar-refractivity contribution in [3.8, 4) is 17.0 Å². The molecule has 0 atom stereocenters. The van der Waals surface area contributed by atoms with Crippen molar-refractivity contribution in [2.45, 2.75) is 13.1 Å². The van der Waals surface area contributed by atoms with Crippen molar-refractivity contribution in [2.24, 2.45) is 10.1 Å². The number of ether oxygens (including phenoxy) is 1. The second kappa shape index (κ2) is 9.87. The molecule has 0 spiro atoms. The van der Waals surface area contributed by atoms with Crippen molar-refractivity contribution >= 4 is 23.2 Å². The van der Waals surface area contributed by atoms with Crippen molar-refractivity contribution < 1.29 is 17.9 Å². The average Bonchev–Trinajstić information content (AvgIpc) is 3.21. The van der Waals surface area contributed by atoms with Crippen molar-refractivity contribution in [2.75, 3.05) is 6.61 Å². The third-order valence-electron chi connectivity index (χ3n) is 4.67. The van der Waals surface area contributed by atoms with E-state index in [0.717, 1.165) is 29.1 Å². The minimum atomic E-state index is -4.43. The van der Waals surface area contributed by atoms with Gasteiger partial charge in [0.25, 0.3) is 0 Å². The lowest BCUT2D eigenvalue weighted by Gasteiger charge is -2.09. The first-order chi connectivity index (χ1) is 15.9. The molecule has 3 aromatic carbocycles. The Morgan fingerprint density at radius 1 is 0.970 bits per heavy atom. The first-order valence-corrected chi connectivity index (χ1v) is 11.1. The monoisotopic (exact) mass is 467 g/mol. The van der Waals surface area contributed by atoms with Gasteiger partial charge in [-0.1, -0.05) is 30.3 Å². The van der Waals surface area contributed by atoms with E-state index in [1.807, 2.05) is 61.5 Å². The summed E-state index contributed by atoms with van der Waals surface area (Å²) in [7, 11) is 0. The second-order valence-corrected chi connectivity index (χ2v) is 7.82. The summed E-state index contributed by atoms with van der Waals surface area (Å²) in [6.07, 6.45) is -2.79. The highest BCUT2D eigenvalue weighted by Gasteiger charge is 2.30. The highest BCUT2D eigenvalue weighted by molar-refractivity contribution is 7.07. The molecule has 0 fully saturated rings.